The highest BCUT2D eigenvalue weighted by molar-refractivity contribution is 6.03. The quantitative estimate of drug-likeness (QED) is 0.322. The molecule has 0 aliphatic rings. The Labute approximate surface area is 164 Å². The summed E-state index contributed by atoms with van der Waals surface area (Å²) >= 11 is 0. The normalized spacial score (nSPS) is 11.2. The molecule has 0 bridgehead atoms. The van der Waals surface area contributed by atoms with Crippen LogP contribution >= 0.6 is 0 Å². The Bertz CT molecular complexity index is 1130. The second-order valence-electron chi connectivity index (χ2n) is 5.80. The number of pyridine rings is 1. The van der Waals surface area contributed by atoms with Crippen LogP contribution in [0.4, 0.5) is 43.9 Å². The predicted octanol–water partition coefficient (Wildman–Crippen LogP) is 5.50. The number of carbonyl (C=O) groups is 1. The SMILES string of the molecule is O=C(O)c1c(-c2c(F)c(F)c(F)c(F)c2F)cncc1-c1c(F)c(F)c(F)c(F)c1F. The fourth-order valence-corrected chi connectivity index (χ4v) is 2.75. The first-order valence-corrected chi connectivity index (χ1v) is 7.66. The summed E-state index contributed by atoms with van der Waals surface area (Å²) in [6.07, 6.45) is 0.550. The van der Waals surface area contributed by atoms with Gasteiger partial charge in [-0.25, -0.2) is 48.7 Å². The van der Waals surface area contributed by atoms with E-state index in [1.807, 2.05) is 0 Å². The van der Waals surface area contributed by atoms with Gasteiger partial charge in [0.25, 0.3) is 0 Å². The van der Waals surface area contributed by atoms with Gasteiger partial charge in [0.15, 0.2) is 46.5 Å². The number of aromatic carboxylic acids is 1. The molecule has 2 aromatic carbocycles. The summed E-state index contributed by atoms with van der Waals surface area (Å²) in [5.74, 6) is -27.4. The summed E-state index contributed by atoms with van der Waals surface area (Å²) in [6.45, 7) is 0. The zero-order valence-corrected chi connectivity index (χ0v) is 14.2. The molecule has 0 atom stereocenters. The zero-order valence-electron chi connectivity index (χ0n) is 14.2. The summed E-state index contributed by atoms with van der Waals surface area (Å²) in [4.78, 5) is 14.9. The van der Waals surface area contributed by atoms with Crippen molar-refractivity contribution in [3.8, 4) is 22.3 Å². The van der Waals surface area contributed by atoms with Crippen LogP contribution in [0.1, 0.15) is 10.4 Å². The molecule has 0 spiro atoms. The minimum atomic E-state index is -2.58. The monoisotopic (exact) mass is 455 g/mol. The van der Waals surface area contributed by atoms with E-state index >= 15 is 0 Å². The van der Waals surface area contributed by atoms with E-state index in [-0.39, 0.29) is 12.4 Å². The molecule has 31 heavy (non-hydrogen) atoms. The van der Waals surface area contributed by atoms with Crippen molar-refractivity contribution in [3.63, 3.8) is 0 Å². The Morgan fingerprint density at radius 2 is 0.806 bits per heavy atom. The average molecular weight is 455 g/mol. The van der Waals surface area contributed by atoms with Crippen molar-refractivity contribution in [2.75, 3.05) is 0 Å². The molecule has 0 saturated heterocycles. The summed E-state index contributed by atoms with van der Waals surface area (Å²) in [6, 6.07) is 0. The number of nitrogens with zero attached hydrogens (tertiary/aromatic N) is 1. The molecular weight excluding hydrogens is 452 g/mol. The largest absolute Gasteiger partial charge is 0.478 e. The second-order valence-corrected chi connectivity index (χ2v) is 5.80. The number of hydrogen-bond donors (Lipinski definition) is 1. The average Bonchev–Trinajstić information content (AvgIpc) is 2.73. The Morgan fingerprint density at radius 3 is 1.06 bits per heavy atom. The van der Waals surface area contributed by atoms with Crippen LogP contribution in [0.25, 0.3) is 22.3 Å². The second kappa shape index (κ2) is 7.56. The maximum atomic E-state index is 14.1. The van der Waals surface area contributed by atoms with Gasteiger partial charge in [-0.05, 0) is 0 Å². The topological polar surface area (TPSA) is 50.2 Å². The maximum Gasteiger partial charge on any atom is 0.337 e. The molecule has 3 nitrogen and oxygen atoms in total. The first kappa shape index (κ1) is 22.1. The number of carboxylic acid groups (broad SMARTS) is 1. The number of hydrogen-bond acceptors (Lipinski definition) is 2. The molecule has 162 valence electrons. The summed E-state index contributed by atoms with van der Waals surface area (Å²) in [5.41, 5.74) is -7.97. The van der Waals surface area contributed by atoms with Crippen LogP contribution in [0.3, 0.4) is 0 Å². The van der Waals surface area contributed by atoms with Crippen molar-refractivity contribution in [1.29, 1.82) is 0 Å². The Kier molecular flexibility index (Phi) is 5.38. The van der Waals surface area contributed by atoms with E-state index < -0.39 is 92.0 Å². The molecular formula is C18H3F10NO2. The van der Waals surface area contributed by atoms with Gasteiger partial charge < -0.3 is 5.11 Å². The lowest BCUT2D eigenvalue weighted by molar-refractivity contribution is 0.0698. The molecule has 0 aliphatic heterocycles. The van der Waals surface area contributed by atoms with E-state index in [4.69, 9.17) is 0 Å². The van der Waals surface area contributed by atoms with Crippen molar-refractivity contribution in [1.82, 2.24) is 4.98 Å². The van der Waals surface area contributed by atoms with Crippen LogP contribution in [0.5, 0.6) is 0 Å². The van der Waals surface area contributed by atoms with Crippen LogP contribution in [0.2, 0.25) is 0 Å². The summed E-state index contributed by atoms with van der Waals surface area (Å²) in [7, 11) is 0. The standard InChI is InChI=1S/C18H3F10NO2/c19-8-6(9(20)13(24)16(27)12(8)23)3-1-29-2-4(5(3)18(30)31)7-10(21)14(25)17(28)15(26)11(7)22/h1-2H,(H,30,31). The van der Waals surface area contributed by atoms with E-state index in [2.05, 4.69) is 4.98 Å². The van der Waals surface area contributed by atoms with E-state index in [9.17, 15) is 53.8 Å². The van der Waals surface area contributed by atoms with Gasteiger partial charge in [0.2, 0.25) is 11.6 Å². The number of aromatic nitrogens is 1. The van der Waals surface area contributed by atoms with Crippen molar-refractivity contribution in [2.45, 2.75) is 0 Å². The Balaban J connectivity index is 2.51. The third-order valence-electron chi connectivity index (χ3n) is 4.12. The summed E-state index contributed by atoms with van der Waals surface area (Å²) in [5, 5.41) is 9.38. The van der Waals surface area contributed by atoms with Gasteiger partial charge in [-0.2, -0.15) is 0 Å². The van der Waals surface area contributed by atoms with Gasteiger partial charge in [-0.3, -0.25) is 4.98 Å². The lowest BCUT2D eigenvalue weighted by Gasteiger charge is -2.15. The number of carboxylic acids is 1. The van der Waals surface area contributed by atoms with E-state index in [0.717, 1.165) is 0 Å². The molecule has 0 radical (unpaired) electrons. The fourth-order valence-electron chi connectivity index (χ4n) is 2.75. The molecule has 0 fully saturated rings. The smallest absolute Gasteiger partial charge is 0.337 e. The first-order valence-electron chi connectivity index (χ1n) is 7.66. The van der Waals surface area contributed by atoms with E-state index in [1.165, 1.54) is 0 Å². The molecule has 1 heterocycles. The van der Waals surface area contributed by atoms with Gasteiger partial charge in [-0.15, -0.1) is 0 Å². The molecule has 0 amide bonds. The van der Waals surface area contributed by atoms with Crippen LogP contribution in [-0.2, 0) is 0 Å². The van der Waals surface area contributed by atoms with E-state index in [0.29, 0.717) is 0 Å². The van der Waals surface area contributed by atoms with Gasteiger partial charge in [0, 0.05) is 23.5 Å². The van der Waals surface area contributed by atoms with Gasteiger partial charge in [0.05, 0.1) is 16.7 Å². The predicted molar refractivity (Wildman–Crippen MR) is 81.6 cm³/mol. The van der Waals surface area contributed by atoms with Crippen molar-refractivity contribution in [3.05, 3.63) is 76.1 Å². The highest BCUT2D eigenvalue weighted by Gasteiger charge is 2.33. The highest BCUT2D eigenvalue weighted by atomic mass is 19.2. The Morgan fingerprint density at radius 1 is 0.548 bits per heavy atom. The van der Waals surface area contributed by atoms with E-state index in [1.54, 1.807) is 0 Å². The minimum absolute atomic E-state index is 0.275. The highest BCUT2D eigenvalue weighted by Crippen LogP contribution is 2.39. The molecule has 3 rings (SSSR count). The van der Waals surface area contributed by atoms with Gasteiger partial charge >= 0.3 is 5.97 Å². The van der Waals surface area contributed by atoms with Crippen LogP contribution in [0, 0.1) is 58.2 Å². The molecule has 0 saturated carbocycles. The lowest BCUT2D eigenvalue weighted by Crippen LogP contribution is -2.11. The van der Waals surface area contributed by atoms with Gasteiger partial charge in [0.1, 0.15) is 0 Å². The number of halogens is 10. The summed E-state index contributed by atoms with van der Waals surface area (Å²) < 4.78 is 137. The lowest BCUT2D eigenvalue weighted by atomic mass is 9.92. The van der Waals surface area contributed by atoms with Crippen molar-refractivity contribution >= 4 is 5.97 Å². The molecule has 0 aliphatic carbocycles. The Hall–Kier alpha value is -3.64. The zero-order chi connectivity index (χ0) is 23.4. The molecule has 3 aromatic rings. The third-order valence-corrected chi connectivity index (χ3v) is 4.12. The van der Waals surface area contributed by atoms with Crippen LogP contribution in [0.15, 0.2) is 12.4 Å². The maximum absolute atomic E-state index is 14.1. The molecule has 1 aromatic heterocycles. The molecule has 1 N–H and O–H groups in total. The molecule has 13 heteroatoms. The van der Waals surface area contributed by atoms with Gasteiger partial charge in [-0.1, -0.05) is 0 Å². The fraction of sp³-hybridized carbons (Fsp3) is 0. The van der Waals surface area contributed by atoms with Crippen molar-refractivity contribution in [2.24, 2.45) is 0 Å². The third kappa shape index (κ3) is 3.16. The number of benzene rings is 2. The molecule has 0 unspecified atom stereocenters. The van der Waals surface area contributed by atoms with Crippen LogP contribution in [-0.4, -0.2) is 16.1 Å². The number of rotatable bonds is 3. The van der Waals surface area contributed by atoms with Crippen LogP contribution < -0.4 is 0 Å². The minimum Gasteiger partial charge on any atom is -0.478 e. The van der Waals surface area contributed by atoms with Crippen molar-refractivity contribution < 1.29 is 53.8 Å². The first-order chi connectivity index (χ1) is 14.4.